The first-order valence-corrected chi connectivity index (χ1v) is 13.6. The first kappa shape index (κ1) is 28.8. The molecule has 3 heterocycles. The molecule has 1 amide bonds. The summed E-state index contributed by atoms with van der Waals surface area (Å²) in [6.45, 7) is -0.374. The van der Waals surface area contributed by atoms with Crippen LogP contribution in [-0.4, -0.2) is 86.7 Å². The third-order valence-electron chi connectivity index (χ3n) is 8.80. The van der Waals surface area contributed by atoms with E-state index in [-0.39, 0.29) is 60.5 Å². The fraction of sp³-hybridized carbons (Fsp3) is 0.667. The summed E-state index contributed by atoms with van der Waals surface area (Å²) in [5.74, 6) is -4.06. The number of carbonyl (C=O) groups excluding carboxylic acids is 1. The van der Waals surface area contributed by atoms with E-state index in [1.807, 2.05) is 4.90 Å². The van der Waals surface area contributed by atoms with E-state index in [1.54, 1.807) is 6.07 Å². The van der Waals surface area contributed by atoms with E-state index < -0.39 is 30.2 Å². The molecule has 3 aliphatic rings. The molecule has 1 saturated heterocycles. The Bertz CT molecular complexity index is 1210. The van der Waals surface area contributed by atoms with Crippen LogP contribution in [-0.2, 0) is 9.53 Å². The van der Waals surface area contributed by atoms with Crippen molar-refractivity contribution in [1.29, 1.82) is 0 Å². The normalized spacial score (nSPS) is 27.4. The molecule has 40 heavy (non-hydrogen) atoms. The number of rotatable bonds is 9. The van der Waals surface area contributed by atoms with Gasteiger partial charge in [-0.1, -0.05) is 0 Å². The van der Waals surface area contributed by atoms with Crippen LogP contribution in [0, 0.1) is 11.7 Å². The topological polar surface area (TPSA) is 133 Å². The second kappa shape index (κ2) is 10.9. The van der Waals surface area contributed by atoms with Gasteiger partial charge in [0.05, 0.1) is 24.7 Å². The Hall–Kier alpha value is -2.74. The molecule has 0 radical (unpaired) electrons. The lowest BCUT2D eigenvalue weighted by Crippen LogP contribution is -2.56. The Kier molecular flexibility index (Phi) is 7.85. The maximum Gasteiger partial charge on any atom is 0.298 e. The number of hydrogen-bond donors (Lipinski definition) is 4. The van der Waals surface area contributed by atoms with Gasteiger partial charge in [0.25, 0.3) is 5.92 Å². The molecular formula is C27H36F3N5O5. The number of alkyl halides is 2. The van der Waals surface area contributed by atoms with Gasteiger partial charge in [-0.05, 0) is 57.4 Å². The Morgan fingerprint density at radius 1 is 1.25 bits per heavy atom. The molecule has 2 aromatic rings. The number of carbonyl (C=O) groups is 1. The van der Waals surface area contributed by atoms with Crippen LogP contribution in [0.5, 0.6) is 5.88 Å². The van der Waals surface area contributed by atoms with Gasteiger partial charge in [0.2, 0.25) is 11.8 Å². The SMILES string of the molecule is COCC(F)(F)C1(O)CCC(NC(=O)[C@@H]2CCN(C(O)c3cc(-c4cc(OC)ncc4F)n[nH]3)C3(CC3)C2)CC1. The van der Waals surface area contributed by atoms with E-state index in [9.17, 15) is 28.2 Å². The highest BCUT2D eigenvalue weighted by atomic mass is 19.3. The highest BCUT2D eigenvalue weighted by Gasteiger charge is 2.56. The number of H-pyrrole nitrogens is 1. The smallest absolute Gasteiger partial charge is 0.298 e. The third kappa shape index (κ3) is 5.44. The van der Waals surface area contributed by atoms with Gasteiger partial charge in [-0.15, -0.1) is 0 Å². The number of nitrogens with zero attached hydrogens (tertiary/aromatic N) is 3. The van der Waals surface area contributed by atoms with Gasteiger partial charge in [0.15, 0.2) is 5.82 Å². The summed E-state index contributed by atoms with van der Waals surface area (Å²) < 4.78 is 52.6. The van der Waals surface area contributed by atoms with Crippen molar-refractivity contribution >= 4 is 5.91 Å². The molecule has 2 atom stereocenters. The number of piperidine rings is 1. The maximum atomic E-state index is 14.4. The molecule has 220 valence electrons. The number of ether oxygens (including phenoxy) is 2. The van der Waals surface area contributed by atoms with Crippen molar-refractivity contribution < 1.29 is 37.7 Å². The van der Waals surface area contributed by atoms with Gasteiger partial charge in [-0.3, -0.25) is 14.8 Å². The van der Waals surface area contributed by atoms with Gasteiger partial charge in [0, 0.05) is 42.8 Å². The summed E-state index contributed by atoms with van der Waals surface area (Å²) in [7, 11) is 2.61. The van der Waals surface area contributed by atoms with Crippen molar-refractivity contribution in [2.45, 2.75) is 80.7 Å². The molecular weight excluding hydrogens is 531 g/mol. The summed E-state index contributed by atoms with van der Waals surface area (Å²) >= 11 is 0. The number of aromatic nitrogens is 3. The van der Waals surface area contributed by atoms with E-state index in [0.717, 1.165) is 19.0 Å². The fourth-order valence-electron chi connectivity index (χ4n) is 6.19. The molecule has 10 nitrogen and oxygen atoms in total. The summed E-state index contributed by atoms with van der Waals surface area (Å²) in [4.78, 5) is 18.9. The molecule has 2 aliphatic carbocycles. The van der Waals surface area contributed by atoms with Gasteiger partial charge in [0.1, 0.15) is 18.4 Å². The van der Waals surface area contributed by atoms with Crippen molar-refractivity contribution in [2.24, 2.45) is 5.92 Å². The van der Waals surface area contributed by atoms with Crippen molar-refractivity contribution in [1.82, 2.24) is 25.4 Å². The van der Waals surface area contributed by atoms with E-state index in [1.165, 1.54) is 20.3 Å². The number of likely N-dealkylation sites (tertiary alicyclic amines) is 1. The Balaban J connectivity index is 1.18. The van der Waals surface area contributed by atoms with E-state index in [4.69, 9.17) is 4.74 Å². The molecule has 4 N–H and O–H groups in total. The van der Waals surface area contributed by atoms with Gasteiger partial charge < -0.3 is 25.0 Å². The predicted octanol–water partition coefficient (Wildman–Crippen LogP) is 2.93. The number of methoxy groups -OCH3 is 2. The van der Waals surface area contributed by atoms with E-state index >= 15 is 0 Å². The largest absolute Gasteiger partial charge is 0.481 e. The van der Waals surface area contributed by atoms with Crippen LogP contribution in [0.15, 0.2) is 18.3 Å². The first-order valence-electron chi connectivity index (χ1n) is 13.6. The Morgan fingerprint density at radius 3 is 2.62 bits per heavy atom. The second-order valence-electron chi connectivity index (χ2n) is 11.3. The van der Waals surface area contributed by atoms with Crippen molar-refractivity contribution in [3.05, 3.63) is 29.8 Å². The Labute approximate surface area is 230 Å². The van der Waals surface area contributed by atoms with Crippen molar-refractivity contribution in [3.8, 4) is 17.1 Å². The number of nitrogens with one attached hydrogen (secondary N) is 2. The van der Waals surface area contributed by atoms with Gasteiger partial charge >= 0.3 is 0 Å². The lowest BCUT2D eigenvalue weighted by molar-refractivity contribution is -0.218. The zero-order valence-electron chi connectivity index (χ0n) is 22.6. The Morgan fingerprint density at radius 2 is 1.98 bits per heavy atom. The van der Waals surface area contributed by atoms with Crippen LogP contribution in [0.3, 0.4) is 0 Å². The molecule has 2 aromatic heterocycles. The molecule has 2 saturated carbocycles. The molecule has 1 unspecified atom stereocenters. The zero-order valence-corrected chi connectivity index (χ0v) is 22.6. The number of amides is 1. The molecule has 0 bridgehead atoms. The highest BCUT2D eigenvalue weighted by Crippen LogP contribution is 2.52. The lowest BCUT2D eigenvalue weighted by atomic mass is 9.78. The van der Waals surface area contributed by atoms with E-state index in [0.29, 0.717) is 30.8 Å². The van der Waals surface area contributed by atoms with Crippen LogP contribution in [0.1, 0.15) is 63.3 Å². The molecule has 1 aliphatic heterocycles. The monoisotopic (exact) mass is 567 g/mol. The lowest BCUT2D eigenvalue weighted by Gasteiger charge is -2.43. The minimum Gasteiger partial charge on any atom is -0.481 e. The number of halogens is 3. The summed E-state index contributed by atoms with van der Waals surface area (Å²) in [5, 5.41) is 31.7. The van der Waals surface area contributed by atoms with Crippen molar-refractivity contribution in [3.63, 3.8) is 0 Å². The molecule has 3 fully saturated rings. The predicted molar refractivity (Wildman–Crippen MR) is 137 cm³/mol. The summed E-state index contributed by atoms with van der Waals surface area (Å²) in [6, 6.07) is 2.75. The van der Waals surface area contributed by atoms with E-state index in [2.05, 4.69) is 25.2 Å². The minimum atomic E-state index is -3.35. The molecule has 0 aromatic carbocycles. The van der Waals surface area contributed by atoms with Crippen LogP contribution in [0.25, 0.3) is 11.3 Å². The molecule has 5 rings (SSSR count). The number of aliphatic hydroxyl groups is 2. The number of aliphatic hydroxyl groups excluding tert-OH is 1. The molecule has 1 spiro atoms. The first-order chi connectivity index (χ1) is 19.0. The van der Waals surface area contributed by atoms with Crippen LogP contribution in [0.4, 0.5) is 13.2 Å². The van der Waals surface area contributed by atoms with Crippen LogP contribution < -0.4 is 10.1 Å². The maximum absolute atomic E-state index is 14.4. The summed E-state index contributed by atoms with van der Waals surface area (Å²) in [6.07, 6.45) is 3.07. The second-order valence-corrected chi connectivity index (χ2v) is 11.3. The zero-order chi connectivity index (χ0) is 28.7. The number of hydrogen-bond acceptors (Lipinski definition) is 8. The minimum absolute atomic E-state index is 0.120. The number of aromatic amines is 1. The summed E-state index contributed by atoms with van der Waals surface area (Å²) in [5.41, 5.74) is -1.54. The third-order valence-corrected chi connectivity index (χ3v) is 8.80. The van der Waals surface area contributed by atoms with Crippen LogP contribution >= 0.6 is 0 Å². The fourth-order valence-corrected chi connectivity index (χ4v) is 6.19. The highest BCUT2D eigenvalue weighted by molar-refractivity contribution is 5.79. The quantitative estimate of drug-likeness (QED) is 0.364. The van der Waals surface area contributed by atoms with Gasteiger partial charge in [-0.25, -0.2) is 18.2 Å². The van der Waals surface area contributed by atoms with Crippen molar-refractivity contribution in [2.75, 3.05) is 27.4 Å². The average molecular weight is 568 g/mol. The average Bonchev–Trinajstić information content (AvgIpc) is 3.50. The van der Waals surface area contributed by atoms with Crippen LogP contribution in [0.2, 0.25) is 0 Å². The number of pyridine rings is 1. The molecule has 13 heteroatoms. The standard InChI is InChI=1S/C27H36F3N5O5/c1-39-15-27(29,30)26(38)6-3-17(4-7-26)32-23(36)16-5-10-35(25(13-16)8-9-25)24(37)21-12-20(33-34-21)18-11-22(40-2)31-14-19(18)28/h11-12,14,16-17,24,37-38H,3-10,13,15H2,1-2H3,(H,32,36)(H,33,34)/t16-,17?,24?,26?/m1/s1. The van der Waals surface area contributed by atoms with Gasteiger partial charge in [-0.2, -0.15) is 5.10 Å².